The molecule has 2 saturated heterocycles. The minimum atomic E-state index is -0.362. The van der Waals surface area contributed by atoms with Gasteiger partial charge in [-0.25, -0.2) is 4.98 Å². The number of non-ortho nitro benzene ring substituents is 1. The second-order valence-corrected chi connectivity index (χ2v) is 10.9. The van der Waals surface area contributed by atoms with Crippen molar-refractivity contribution in [1.29, 1.82) is 0 Å². The first-order valence-corrected chi connectivity index (χ1v) is 14.1. The van der Waals surface area contributed by atoms with E-state index < -0.39 is 0 Å². The van der Waals surface area contributed by atoms with Crippen molar-refractivity contribution in [3.63, 3.8) is 0 Å². The van der Waals surface area contributed by atoms with Gasteiger partial charge in [-0.2, -0.15) is 4.98 Å². The molecule has 3 aliphatic rings. The van der Waals surface area contributed by atoms with Crippen molar-refractivity contribution in [2.75, 3.05) is 68.2 Å². The van der Waals surface area contributed by atoms with Gasteiger partial charge in [0, 0.05) is 74.7 Å². The monoisotopic (exact) mass is 544 g/mol. The Labute approximate surface area is 234 Å². The summed E-state index contributed by atoms with van der Waals surface area (Å²) in [5.41, 5.74) is 4.81. The number of hydrogen-bond acceptors (Lipinski definition) is 9. The Balaban J connectivity index is 1.18. The molecule has 6 rings (SSSR count). The van der Waals surface area contributed by atoms with Crippen LogP contribution >= 0.6 is 0 Å². The maximum atomic E-state index is 11.0. The summed E-state index contributed by atoms with van der Waals surface area (Å²) >= 11 is 0. The molecule has 2 aromatic carbocycles. The van der Waals surface area contributed by atoms with Crippen LogP contribution in [0.3, 0.4) is 0 Å². The third-order valence-electron chi connectivity index (χ3n) is 8.66. The van der Waals surface area contributed by atoms with Gasteiger partial charge < -0.3 is 24.6 Å². The molecule has 210 valence electrons. The first-order valence-electron chi connectivity index (χ1n) is 14.1. The molecule has 2 fully saturated rings. The van der Waals surface area contributed by atoms with E-state index in [1.165, 1.54) is 11.1 Å². The summed E-state index contributed by atoms with van der Waals surface area (Å²) in [6.45, 7) is 5.49. The number of aromatic nitrogens is 2. The largest absolute Gasteiger partial charge is 0.497 e. The van der Waals surface area contributed by atoms with Gasteiger partial charge in [-0.1, -0.05) is 12.1 Å². The second-order valence-electron chi connectivity index (χ2n) is 10.9. The first kappa shape index (κ1) is 26.3. The van der Waals surface area contributed by atoms with Crippen molar-refractivity contribution in [3.8, 4) is 5.75 Å². The van der Waals surface area contributed by atoms with Crippen LogP contribution in [0, 0.1) is 10.1 Å². The smallest absolute Gasteiger partial charge is 0.269 e. The average molecular weight is 545 g/mol. The molecule has 10 nitrogen and oxygen atoms in total. The summed E-state index contributed by atoms with van der Waals surface area (Å²) in [4.78, 5) is 25.3. The van der Waals surface area contributed by atoms with Crippen LogP contribution in [0.2, 0.25) is 0 Å². The van der Waals surface area contributed by atoms with Crippen LogP contribution in [0.25, 0.3) is 0 Å². The van der Waals surface area contributed by atoms with Crippen molar-refractivity contribution < 1.29 is 14.4 Å². The van der Waals surface area contributed by atoms with E-state index in [9.17, 15) is 10.1 Å². The predicted molar refractivity (Wildman–Crippen MR) is 155 cm³/mol. The Morgan fingerprint density at radius 2 is 1.68 bits per heavy atom. The summed E-state index contributed by atoms with van der Waals surface area (Å²) in [6.07, 6.45) is 5.01. The molecule has 10 heteroatoms. The van der Waals surface area contributed by atoms with Crippen LogP contribution in [-0.2, 0) is 23.0 Å². The molecule has 1 aliphatic carbocycles. The Morgan fingerprint density at radius 3 is 2.35 bits per heavy atom. The molecule has 0 atom stereocenters. The molecule has 0 amide bonds. The predicted octanol–water partition coefficient (Wildman–Crippen LogP) is 4.37. The zero-order valence-electron chi connectivity index (χ0n) is 23.0. The van der Waals surface area contributed by atoms with Crippen LogP contribution < -0.4 is 19.9 Å². The van der Waals surface area contributed by atoms with Gasteiger partial charge in [-0.3, -0.25) is 10.1 Å². The molecule has 3 heterocycles. The molecule has 40 heavy (non-hydrogen) atoms. The summed E-state index contributed by atoms with van der Waals surface area (Å²) in [7, 11) is 1.70. The van der Waals surface area contributed by atoms with E-state index in [1.54, 1.807) is 19.2 Å². The van der Waals surface area contributed by atoms with Crippen LogP contribution in [-0.4, -0.2) is 67.9 Å². The number of benzene rings is 2. The van der Waals surface area contributed by atoms with Crippen molar-refractivity contribution in [1.82, 2.24) is 9.97 Å². The minimum absolute atomic E-state index is 0.0303. The number of nitro benzene ring substituents is 1. The number of ether oxygens (including phenoxy) is 2. The van der Waals surface area contributed by atoms with Gasteiger partial charge in [0.05, 0.1) is 17.7 Å². The Kier molecular flexibility index (Phi) is 7.42. The molecular formula is C30H36N6O4. The Morgan fingerprint density at radius 1 is 0.975 bits per heavy atom. The second kappa shape index (κ2) is 11.3. The molecule has 0 unspecified atom stereocenters. The molecular weight excluding hydrogens is 508 g/mol. The number of rotatable bonds is 8. The highest BCUT2D eigenvalue weighted by Crippen LogP contribution is 2.37. The molecule has 3 aromatic rings. The number of piperazine rings is 1. The van der Waals surface area contributed by atoms with Crippen LogP contribution in [0.4, 0.5) is 23.1 Å². The van der Waals surface area contributed by atoms with Gasteiger partial charge in [0.2, 0.25) is 5.95 Å². The lowest BCUT2D eigenvalue weighted by atomic mass is 9.74. The summed E-state index contributed by atoms with van der Waals surface area (Å²) in [6, 6.07) is 15.3. The topological polar surface area (TPSA) is 106 Å². The van der Waals surface area contributed by atoms with E-state index in [4.69, 9.17) is 19.4 Å². The van der Waals surface area contributed by atoms with Crippen molar-refractivity contribution >= 4 is 23.1 Å². The summed E-state index contributed by atoms with van der Waals surface area (Å²) in [5, 5.41) is 14.8. The average Bonchev–Trinajstić information content (AvgIpc) is 3.50. The van der Waals surface area contributed by atoms with E-state index in [-0.39, 0.29) is 16.0 Å². The number of nitrogens with zero attached hydrogens (tertiary/aromatic N) is 5. The van der Waals surface area contributed by atoms with Crippen LogP contribution in [0.5, 0.6) is 5.75 Å². The lowest BCUT2D eigenvalue weighted by Gasteiger charge is -2.38. The van der Waals surface area contributed by atoms with Gasteiger partial charge in [0.25, 0.3) is 5.69 Å². The Hall–Kier alpha value is -3.92. The molecule has 0 radical (unpaired) electrons. The van der Waals surface area contributed by atoms with E-state index in [0.717, 1.165) is 107 Å². The quantitative estimate of drug-likeness (QED) is 0.327. The fourth-order valence-corrected chi connectivity index (χ4v) is 6.18. The normalized spacial score (nSPS) is 18.3. The number of fused-ring (bicyclic) bond motifs is 1. The van der Waals surface area contributed by atoms with E-state index in [0.29, 0.717) is 0 Å². The van der Waals surface area contributed by atoms with Gasteiger partial charge in [-0.15, -0.1) is 0 Å². The van der Waals surface area contributed by atoms with E-state index in [2.05, 4.69) is 27.2 Å². The number of anilines is 3. The van der Waals surface area contributed by atoms with Gasteiger partial charge in [-0.05, 0) is 61.9 Å². The zero-order valence-corrected chi connectivity index (χ0v) is 23.0. The lowest BCUT2D eigenvalue weighted by Crippen LogP contribution is -2.47. The molecule has 1 aromatic heterocycles. The van der Waals surface area contributed by atoms with Gasteiger partial charge in [0.15, 0.2) is 0 Å². The number of nitrogens with one attached hydrogen (secondary N) is 1. The minimum Gasteiger partial charge on any atom is -0.497 e. The molecule has 2 aliphatic heterocycles. The SMILES string of the molecule is COc1ccc(C2(CNc3nc(N4CCN(c5ccc([N+](=O)[O-])cc5)CC4)nc4c3CCC4)CCOCC2)cc1. The number of aryl methyl sites for hydroxylation is 1. The summed E-state index contributed by atoms with van der Waals surface area (Å²) in [5.74, 6) is 2.62. The highest BCUT2D eigenvalue weighted by atomic mass is 16.6. The van der Waals surface area contributed by atoms with Gasteiger partial charge in [0.1, 0.15) is 11.6 Å². The van der Waals surface area contributed by atoms with Gasteiger partial charge >= 0.3 is 0 Å². The first-order chi connectivity index (χ1) is 19.5. The molecule has 0 bridgehead atoms. The van der Waals surface area contributed by atoms with E-state index in [1.807, 2.05) is 24.3 Å². The maximum absolute atomic E-state index is 11.0. The van der Waals surface area contributed by atoms with Crippen molar-refractivity contribution in [3.05, 3.63) is 75.5 Å². The van der Waals surface area contributed by atoms with Crippen LogP contribution in [0.15, 0.2) is 48.5 Å². The standard InChI is InChI=1S/C30H36N6O4/c1-39-25-11-5-22(6-12-25)30(13-19-40-20-14-30)21-31-28-26-3-2-4-27(26)32-29(33-28)35-17-15-34(16-18-35)23-7-9-24(10-8-23)36(37)38/h5-12H,2-4,13-21H2,1H3,(H,31,32,33). The zero-order chi connectivity index (χ0) is 27.5. The number of methoxy groups -OCH3 is 1. The maximum Gasteiger partial charge on any atom is 0.269 e. The fourth-order valence-electron chi connectivity index (χ4n) is 6.18. The Bertz CT molecular complexity index is 1330. The highest BCUT2D eigenvalue weighted by Gasteiger charge is 2.35. The highest BCUT2D eigenvalue weighted by molar-refractivity contribution is 5.56. The molecule has 0 spiro atoms. The lowest BCUT2D eigenvalue weighted by molar-refractivity contribution is -0.384. The third kappa shape index (κ3) is 5.28. The number of hydrogen-bond donors (Lipinski definition) is 1. The third-order valence-corrected chi connectivity index (χ3v) is 8.66. The fraction of sp³-hybridized carbons (Fsp3) is 0.467. The number of nitro groups is 1. The van der Waals surface area contributed by atoms with Crippen molar-refractivity contribution in [2.24, 2.45) is 0 Å². The van der Waals surface area contributed by atoms with E-state index >= 15 is 0 Å². The van der Waals surface area contributed by atoms with Crippen molar-refractivity contribution in [2.45, 2.75) is 37.5 Å². The molecule has 0 saturated carbocycles. The summed E-state index contributed by atoms with van der Waals surface area (Å²) < 4.78 is 11.1. The van der Waals surface area contributed by atoms with Crippen LogP contribution in [0.1, 0.15) is 36.1 Å². The molecule has 1 N–H and O–H groups in total.